The number of anilines is 1. The van der Waals surface area contributed by atoms with Gasteiger partial charge in [-0.2, -0.15) is 0 Å². The second kappa shape index (κ2) is 8.02. The number of aromatic nitrogens is 1. The van der Waals surface area contributed by atoms with Gasteiger partial charge in [-0.05, 0) is 23.1 Å². The van der Waals surface area contributed by atoms with E-state index in [0.29, 0.717) is 22.2 Å². The minimum absolute atomic E-state index is 0.108. The first-order valence-corrected chi connectivity index (χ1v) is 9.79. The lowest BCUT2D eigenvalue weighted by Gasteiger charge is -2.18. The van der Waals surface area contributed by atoms with Crippen molar-refractivity contribution in [3.8, 4) is 22.8 Å². The maximum Gasteiger partial charge on any atom is 0.261 e. The number of nitrogens with one attached hydrogen (secondary N) is 1. The average Bonchev–Trinajstić information content (AvgIpc) is 3.15. The van der Waals surface area contributed by atoms with Gasteiger partial charge in [0, 0.05) is 17.0 Å². The summed E-state index contributed by atoms with van der Waals surface area (Å²) in [5.74, 6) is 0.804. The fraction of sp³-hybridized carbons (Fsp3) is 0.273. The highest BCUT2D eigenvalue weighted by molar-refractivity contribution is 7.14. The maximum atomic E-state index is 12.6. The van der Waals surface area contributed by atoms with Crippen molar-refractivity contribution in [3.05, 3.63) is 59.0 Å². The standard InChI is InChI=1S/C22H24N2O3S/c1-22(2,3)15-8-6-14(7-9-15)18-13-28-21(23-18)24-20(25)17-11-10-16(26-4)12-19(17)27-5/h6-13H,1-5H3,(H,23,24,25). The van der Waals surface area contributed by atoms with Crippen LogP contribution in [0.25, 0.3) is 11.3 Å². The lowest BCUT2D eigenvalue weighted by Crippen LogP contribution is -2.13. The molecule has 0 bridgehead atoms. The number of nitrogens with zero attached hydrogens (tertiary/aromatic N) is 1. The highest BCUT2D eigenvalue weighted by Crippen LogP contribution is 2.30. The summed E-state index contributed by atoms with van der Waals surface area (Å²) in [6, 6.07) is 13.4. The summed E-state index contributed by atoms with van der Waals surface area (Å²) < 4.78 is 10.5. The molecular formula is C22H24N2O3S. The van der Waals surface area contributed by atoms with Gasteiger partial charge >= 0.3 is 0 Å². The van der Waals surface area contributed by atoms with Crippen LogP contribution >= 0.6 is 11.3 Å². The third-order valence-corrected chi connectivity index (χ3v) is 5.18. The maximum absolute atomic E-state index is 12.6. The van der Waals surface area contributed by atoms with Gasteiger partial charge in [0.1, 0.15) is 11.5 Å². The SMILES string of the molecule is COc1ccc(C(=O)Nc2nc(-c3ccc(C(C)(C)C)cc3)cs2)c(OC)c1. The molecule has 1 amide bonds. The predicted molar refractivity (Wildman–Crippen MR) is 114 cm³/mol. The average molecular weight is 397 g/mol. The molecule has 1 heterocycles. The van der Waals surface area contributed by atoms with Gasteiger partial charge in [0.2, 0.25) is 0 Å². The molecule has 0 aliphatic heterocycles. The van der Waals surface area contributed by atoms with E-state index in [1.54, 1.807) is 25.3 Å². The quantitative estimate of drug-likeness (QED) is 0.629. The lowest BCUT2D eigenvalue weighted by atomic mass is 9.86. The van der Waals surface area contributed by atoms with Crippen molar-refractivity contribution < 1.29 is 14.3 Å². The summed E-state index contributed by atoms with van der Waals surface area (Å²) in [6.07, 6.45) is 0. The predicted octanol–water partition coefficient (Wildman–Crippen LogP) is 5.38. The molecule has 1 N–H and O–H groups in total. The molecule has 6 heteroatoms. The van der Waals surface area contributed by atoms with Gasteiger partial charge in [0.15, 0.2) is 5.13 Å². The van der Waals surface area contributed by atoms with E-state index in [2.05, 4.69) is 55.3 Å². The lowest BCUT2D eigenvalue weighted by molar-refractivity contribution is 0.102. The number of rotatable bonds is 5. The highest BCUT2D eigenvalue weighted by Gasteiger charge is 2.16. The summed E-state index contributed by atoms with van der Waals surface area (Å²) in [4.78, 5) is 17.2. The number of carbonyl (C=O) groups excluding carboxylic acids is 1. The molecule has 0 radical (unpaired) electrons. The van der Waals surface area contributed by atoms with E-state index in [1.807, 2.05) is 5.38 Å². The fourth-order valence-corrected chi connectivity index (χ4v) is 3.47. The van der Waals surface area contributed by atoms with E-state index in [9.17, 15) is 4.79 Å². The van der Waals surface area contributed by atoms with Gasteiger partial charge in [0.05, 0.1) is 25.5 Å². The van der Waals surface area contributed by atoms with E-state index in [4.69, 9.17) is 9.47 Å². The van der Waals surface area contributed by atoms with Gasteiger partial charge in [0.25, 0.3) is 5.91 Å². The molecule has 3 aromatic rings. The summed E-state index contributed by atoms with van der Waals surface area (Å²) in [6.45, 7) is 6.56. The zero-order valence-corrected chi connectivity index (χ0v) is 17.5. The minimum atomic E-state index is -0.275. The van der Waals surface area contributed by atoms with Crippen molar-refractivity contribution in [1.29, 1.82) is 0 Å². The normalized spacial score (nSPS) is 11.2. The Morgan fingerprint density at radius 2 is 1.75 bits per heavy atom. The Morgan fingerprint density at radius 3 is 2.36 bits per heavy atom. The largest absolute Gasteiger partial charge is 0.497 e. The molecule has 146 valence electrons. The Hall–Kier alpha value is -2.86. The zero-order valence-electron chi connectivity index (χ0n) is 16.7. The number of hydrogen-bond donors (Lipinski definition) is 1. The first kappa shape index (κ1) is 19.9. The molecule has 0 aliphatic rings. The zero-order chi connectivity index (χ0) is 20.3. The monoisotopic (exact) mass is 396 g/mol. The third kappa shape index (κ3) is 4.34. The van der Waals surface area contributed by atoms with Gasteiger partial charge in [-0.3, -0.25) is 10.1 Å². The molecule has 0 aliphatic carbocycles. The molecule has 0 atom stereocenters. The van der Waals surface area contributed by atoms with Crippen molar-refractivity contribution in [2.75, 3.05) is 19.5 Å². The Kier molecular flexibility index (Phi) is 5.70. The van der Waals surface area contributed by atoms with E-state index >= 15 is 0 Å². The molecule has 0 saturated heterocycles. The summed E-state index contributed by atoms with van der Waals surface area (Å²) in [5, 5.41) is 5.32. The molecule has 28 heavy (non-hydrogen) atoms. The van der Waals surface area contributed by atoms with Gasteiger partial charge in [-0.1, -0.05) is 45.0 Å². The minimum Gasteiger partial charge on any atom is -0.497 e. The second-order valence-electron chi connectivity index (χ2n) is 7.39. The molecule has 5 nitrogen and oxygen atoms in total. The molecule has 2 aromatic carbocycles. The third-order valence-electron chi connectivity index (χ3n) is 4.42. The van der Waals surface area contributed by atoms with Crippen molar-refractivity contribution in [2.24, 2.45) is 0 Å². The van der Waals surface area contributed by atoms with Crippen molar-refractivity contribution in [3.63, 3.8) is 0 Å². The summed E-state index contributed by atoms with van der Waals surface area (Å²) in [7, 11) is 3.09. The molecule has 3 rings (SSSR count). The van der Waals surface area contributed by atoms with Gasteiger partial charge in [-0.15, -0.1) is 11.3 Å². The molecular weight excluding hydrogens is 372 g/mol. The van der Waals surface area contributed by atoms with Crippen LogP contribution in [0.1, 0.15) is 36.7 Å². The van der Waals surface area contributed by atoms with Crippen LogP contribution in [0.5, 0.6) is 11.5 Å². The number of benzene rings is 2. The molecule has 0 saturated carbocycles. The van der Waals surface area contributed by atoms with Crippen LogP contribution in [0.2, 0.25) is 0 Å². The van der Waals surface area contributed by atoms with Crippen LogP contribution in [0.4, 0.5) is 5.13 Å². The van der Waals surface area contributed by atoms with Crippen LogP contribution in [0, 0.1) is 0 Å². The van der Waals surface area contributed by atoms with Crippen LogP contribution in [-0.4, -0.2) is 25.1 Å². The molecule has 0 unspecified atom stereocenters. The first-order chi connectivity index (χ1) is 13.3. The molecule has 0 spiro atoms. The number of thiazole rings is 1. The van der Waals surface area contributed by atoms with Crippen LogP contribution < -0.4 is 14.8 Å². The van der Waals surface area contributed by atoms with E-state index in [0.717, 1.165) is 11.3 Å². The van der Waals surface area contributed by atoms with Crippen LogP contribution in [0.3, 0.4) is 0 Å². The highest BCUT2D eigenvalue weighted by atomic mass is 32.1. The number of hydrogen-bond acceptors (Lipinski definition) is 5. The molecule has 0 fully saturated rings. The Balaban J connectivity index is 1.77. The van der Waals surface area contributed by atoms with Crippen molar-refractivity contribution >= 4 is 22.4 Å². The van der Waals surface area contributed by atoms with Crippen molar-refractivity contribution in [1.82, 2.24) is 4.98 Å². The molecule has 1 aromatic heterocycles. The first-order valence-electron chi connectivity index (χ1n) is 8.91. The van der Waals surface area contributed by atoms with Gasteiger partial charge in [-0.25, -0.2) is 4.98 Å². The van der Waals surface area contributed by atoms with E-state index < -0.39 is 0 Å². The van der Waals surface area contributed by atoms with E-state index in [-0.39, 0.29) is 11.3 Å². The van der Waals surface area contributed by atoms with Crippen LogP contribution in [-0.2, 0) is 5.41 Å². The number of ether oxygens (including phenoxy) is 2. The summed E-state index contributed by atoms with van der Waals surface area (Å²) >= 11 is 1.39. The Labute approximate surface area is 169 Å². The Bertz CT molecular complexity index is 972. The van der Waals surface area contributed by atoms with Crippen LogP contribution in [0.15, 0.2) is 47.8 Å². The summed E-state index contributed by atoms with van der Waals surface area (Å²) in [5.41, 5.74) is 3.66. The topological polar surface area (TPSA) is 60.5 Å². The number of carbonyl (C=O) groups is 1. The Morgan fingerprint density at radius 1 is 1.04 bits per heavy atom. The van der Waals surface area contributed by atoms with E-state index in [1.165, 1.54) is 24.0 Å². The second-order valence-corrected chi connectivity index (χ2v) is 8.24. The smallest absolute Gasteiger partial charge is 0.261 e. The van der Waals surface area contributed by atoms with Gasteiger partial charge < -0.3 is 9.47 Å². The van der Waals surface area contributed by atoms with Crippen molar-refractivity contribution in [2.45, 2.75) is 26.2 Å². The number of amides is 1. The fourth-order valence-electron chi connectivity index (χ4n) is 2.76. The number of methoxy groups -OCH3 is 2.